The molecule has 1 aromatic heterocycles. The fraction of sp³-hybridized carbons (Fsp3) is 0.150. The normalized spacial score (nSPS) is 11.8. The second-order valence-electron chi connectivity index (χ2n) is 5.48. The molecule has 2 amide bonds. The molecule has 2 aromatic rings. The van der Waals surface area contributed by atoms with Crippen LogP contribution in [-0.2, 0) is 9.68 Å². The number of aromatic nitrogens is 1. The average Bonchev–Trinajstić information content (AvgIpc) is 2.69. The van der Waals surface area contributed by atoms with Crippen molar-refractivity contribution in [1.82, 2.24) is 10.3 Å². The molecule has 0 saturated heterocycles. The van der Waals surface area contributed by atoms with Gasteiger partial charge in [0.25, 0.3) is 5.91 Å². The van der Waals surface area contributed by atoms with Gasteiger partial charge in [-0.3, -0.25) is 19.8 Å². The molecule has 0 aliphatic rings. The number of hydrogen-bond donors (Lipinski definition) is 3. The zero-order valence-corrected chi connectivity index (χ0v) is 14.5. The quantitative estimate of drug-likeness (QED) is 0.416. The predicted octanol–water partition coefficient (Wildman–Crippen LogP) is 0.947. The Kier molecular flexibility index (Phi) is 7.09. The topological polar surface area (TPSA) is 115 Å². The summed E-state index contributed by atoms with van der Waals surface area (Å²) in [6, 6.07) is 8.86. The van der Waals surface area contributed by atoms with Crippen LogP contribution in [0.1, 0.15) is 28.4 Å². The van der Waals surface area contributed by atoms with E-state index in [2.05, 4.69) is 38.9 Å². The number of carbonyl (C=O) groups is 2. The average molecular weight is 363 g/mol. The first-order chi connectivity index (χ1) is 13.0. The van der Waals surface area contributed by atoms with Crippen molar-refractivity contribution >= 4 is 11.8 Å². The van der Waals surface area contributed by atoms with Gasteiger partial charge in [0.1, 0.15) is 12.1 Å². The van der Waals surface area contributed by atoms with Gasteiger partial charge in [0.05, 0.1) is 0 Å². The molecular formula is C20H17N3O4. The molecule has 0 aliphatic carbocycles. The first-order valence-electron chi connectivity index (χ1n) is 7.94. The SMILES string of the molecule is C[C@@H](OO)[C@H](NC(=O)c1ccc(C#CC#Cc2cccnc2)cc1)C(N)=O. The molecule has 1 aromatic carbocycles. The number of hydrogen-bond acceptors (Lipinski definition) is 5. The molecule has 0 aliphatic heterocycles. The van der Waals surface area contributed by atoms with Gasteiger partial charge in [-0.05, 0) is 55.2 Å². The molecule has 0 bridgehead atoms. The van der Waals surface area contributed by atoms with E-state index in [-0.39, 0.29) is 0 Å². The minimum atomic E-state index is -1.16. The maximum absolute atomic E-state index is 12.2. The Morgan fingerprint density at radius 2 is 1.81 bits per heavy atom. The summed E-state index contributed by atoms with van der Waals surface area (Å²) in [5.41, 5.74) is 6.94. The summed E-state index contributed by atoms with van der Waals surface area (Å²) in [7, 11) is 0. The Bertz CT molecular complexity index is 919. The Morgan fingerprint density at radius 3 is 2.37 bits per heavy atom. The summed E-state index contributed by atoms with van der Waals surface area (Å²) >= 11 is 0. The number of rotatable bonds is 5. The third-order valence-corrected chi connectivity index (χ3v) is 3.51. The maximum atomic E-state index is 12.2. The van der Waals surface area contributed by atoms with E-state index in [1.165, 1.54) is 6.92 Å². The van der Waals surface area contributed by atoms with Crippen LogP contribution >= 0.6 is 0 Å². The predicted molar refractivity (Wildman–Crippen MR) is 98.1 cm³/mol. The van der Waals surface area contributed by atoms with Gasteiger partial charge in [-0.25, -0.2) is 4.89 Å². The van der Waals surface area contributed by atoms with Gasteiger partial charge >= 0.3 is 0 Å². The van der Waals surface area contributed by atoms with Crippen molar-refractivity contribution in [3.05, 3.63) is 65.5 Å². The molecule has 0 radical (unpaired) electrons. The first kappa shape index (κ1) is 19.7. The number of nitrogens with one attached hydrogen (secondary N) is 1. The summed E-state index contributed by atoms with van der Waals surface area (Å²) in [6.45, 7) is 1.40. The Balaban J connectivity index is 2.03. The lowest BCUT2D eigenvalue weighted by molar-refractivity contribution is -0.277. The number of pyridine rings is 1. The number of benzene rings is 1. The van der Waals surface area contributed by atoms with Crippen LogP contribution in [0.3, 0.4) is 0 Å². The monoisotopic (exact) mass is 363 g/mol. The zero-order chi connectivity index (χ0) is 19.6. The van der Waals surface area contributed by atoms with Crippen LogP contribution in [0.15, 0.2) is 48.8 Å². The van der Waals surface area contributed by atoms with Gasteiger partial charge in [0.15, 0.2) is 0 Å². The molecule has 0 fully saturated rings. The molecule has 0 saturated carbocycles. The molecule has 2 atom stereocenters. The summed E-state index contributed by atoms with van der Waals surface area (Å²) in [5, 5.41) is 11.1. The molecule has 0 unspecified atom stereocenters. The van der Waals surface area contributed by atoms with Crippen LogP contribution in [-0.4, -0.2) is 34.2 Å². The van der Waals surface area contributed by atoms with E-state index >= 15 is 0 Å². The van der Waals surface area contributed by atoms with Crippen LogP contribution in [0.25, 0.3) is 0 Å². The fourth-order valence-electron chi connectivity index (χ4n) is 2.05. The molecule has 2 rings (SSSR count). The number of nitrogens with zero attached hydrogens (tertiary/aromatic N) is 1. The van der Waals surface area contributed by atoms with Gasteiger partial charge in [0.2, 0.25) is 5.91 Å². The number of amides is 2. The van der Waals surface area contributed by atoms with Crippen molar-refractivity contribution in [3.8, 4) is 23.7 Å². The summed E-state index contributed by atoms with van der Waals surface area (Å²) < 4.78 is 0. The highest BCUT2D eigenvalue weighted by atomic mass is 17.1. The van der Waals surface area contributed by atoms with Crippen molar-refractivity contribution < 1.29 is 19.7 Å². The van der Waals surface area contributed by atoms with E-state index in [0.717, 1.165) is 5.56 Å². The van der Waals surface area contributed by atoms with Crippen LogP contribution in [0.4, 0.5) is 0 Å². The van der Waals surface area contributed by atoms with Gasteiger partial charge in [-0.15, -0.1) is 0 Å². The Labute approximate surface area is 156 Å². The van der Waals surface area contributed by atoms with Crippen LogP contribution in [0.2, 0.25) is 0 Å². The summed E-state index contributed by atoms with van der Waals surface area (Å²) in [5.74, 6) is 9.83. The van der Waals surface area contributed by atoms with Crippen LogP contribution in [0, 0.1) is 23.7 Å². The van der Waals surface area contributed by atoms with Gasteiger partial charge in [-0.1, -0.05) is 11.8 Å². The fourth-order valence-corrected chi connectivity index (χ4v) is 2.05. The van der Waals surface area contributed by atoms with Crippen LogP contribution < -0.4 is 11.1 Å². The van der Waals surface area contributed by atoms with Crippen molar-refractivity contribution in [2.45, 2.75) is 19.1 Å². The van der Waals surface area contributed by atoms with Crippen molar-refractivity contribution in [2.75, 3.05) is 0 Å². The summed E-state index contributed by atoms with van der Waals surface area (Å²) in [6.07, 6.45) is 2.33. The maximum Gasteiger partial charge on any atom is 0.252 e. The van der Waals surface area contributed by atoms with Crippen molar-refractivity contribution in [1.29, 1.82) is 0 Å². The smallest absolute Gasteiger partial charge is 0.252 e. The lowest BCUT2D eigenvalue weighted by Gasteiger charge is -2.19. The highest BCUT2D eigenvalue weighted by Gasteiger charge is 2.26. The first-order valence-corrected chi connectivity index (χ1v) is 7.94. The van der Waals surface area contributed by atoms with E-state index in [0.29, 0.717) is 11.1 Å². The molecule has 7 heteroatoms. The van der Waals surface area contributed by atoms with E-state index < -0.39 is 24.0 Å². The minimum Gasteiger partial charge on any atom is -0.368 e. The molecule has 136 valence electrons. The third-order valence-electron chi connectivity index (χ3n) is 3.51. The standard InChI is InChI=1S/C20H17N3O4/c1-14(27-26)18(19(21)24)23-20(25)17-10-8-15(9-11-17)5-2-3-6-16-7-4-12-22-13-16/h4,7-14,18,26H,1H3,(H2,21,24)(H,23,25)/t14-,18+/m1/s1. The Hall–Kier alpha value is -3.65. The number of carbonyl (C=O) groups excluding carboxylic acids is 2. The van der Waals surface area contributed by atoms with Crippen molar-refractivity contribution in [3.63, 3.8) is 0 Å². The molecule has 0 spiro atoms. The molecule has 7 nitrogen and oxygen atoms in total. The number of primary amides is 1. The number of nitrogens with two attached hydrogens (primary N) is 1. The largest absolute Gasteiger partial charge is 0.368 e. The summed E-state index contributed by atoms with van der Waals surface area (Å²) in [4.78, 5) is 31.6. The van der Waals surface area contributed by atoms with Gasteiger partial charge < -0.3 is 11.1 Å². The second-order valence-corrected chi connectivity index (χ2v) is 5.48. The van der Waals surface area contributed by atoms with Gasteiger partial charge in [-0.2, -0.15) is 0 Å². The van der Waals surface area contributed by atoms with E-state index in [1.807, 2.05) is 6.07 Å². The third kappa shape index (κ3) is 5.98. The van der Waals surface area contributed by atoms with Crippen LogP contribution in [0.5, 0.6) is 0 Å². The highest BCUT2D eigenvalue weighted by Crippen LogP contribution is 2.05. The van der Waals surface area contributed by atoms with E-state index in [4.69, 9.17) is 11.0 Å². The molecule has 27 heavy (non-hydrogen) atoms. The van der Waals surface area contributed by atoms with E-state index in [9.17, 15) is 9.59 Å². The molecular weight excluding hydrogens is 346 g/mol. The highest BCUT2D eigenvalue weighted by molar-refractivity contribution is 5.97. The lowest BCUT2D eigenvalue weighted by atomic mass is 10.1. The zero-order valence-electron chi connectivity index (χ0n) is 14.5. The minimum absolute atomic E-state index is 0.304. The second kappa shape index (κ2) is 9.73. The lowest BCUT2D eigenvalue weighted by Crippen LogP contribution is -2.51. The molecule has 4 N–H and O–H groups in total. The van der Waals surface area contributed by atoms with Crippen molar-refractivity contribution in [2.24, 2.45) is 5.73 Å². The Morgan fingerprint density at radius 1 is 1.15 bits per heavy atom. The van der Waals surface area contributed by atoms with E-state index in [1.54, 1.807) is 42.7 Å². The van der Waals surface area contributed by atoms with Gasteiger partial charge in [0, 0.05) is 29.1 Å². The molecule has 1 heterocycles.